The summed E-state index contributed by atoms with van der Waals surface area (Å²) < 4.78 is 5.07. The molecule has 0 radical (unpaired) electrons. The van der Waals surface area contributed by atoms with Gasteiger partial charge in [-0.15, -0.1) is 0 Å². The number of carbonyl (C=O) groups excluding carboxylic acids is 2. The second-order valence-corrected chi connectivity index (χ2v) is 5.82. The summed E-state index contributed by atoms with van der Waals surface area (Å²) in [4.78, 5) is 23.3. The average Bonchev–Trinajstić information content (AvgIpc) is 2.64. The number of rotatable bonds is 8. The number of hydrogen-bond donors (Lipinski definition) is 0. The van der Waals surface area contributed by atoms with Crippen LogP contribution in [0.4, 0.5) is 0 Å². The van der Waals surface area contributed by atoms with Crippen LogP contribution in [0.1, 0.15) is 34.8 Å². The molecular formula is C22H22O3. The van der Waals surface area contributed by atoms with Crippen LogP contribution >= 0.6 is 0 Å². The molecule has 3 heteroatoms. The van der Waals surface area contributed by atoms with Gasteiger partial charge in [0.1, 0.15) is 0 Å². The molecule has 3 nitrogen and oxygen atoms in total. The lowest BCUT2D eigenvalue weighted by molar-refractivity contribution is -0.139. The number of allylic oxidation sites excluding steroid dienone is 1. The van der Waals surface area contributed by atoms with Crippen LogP contribution < -0.4 is 0 Å². The highest BCUT2D eigenvalue weighted by molar-refractivity contribution is 6.06. The minimum atomic E-state index is -0.344. The van der Waals surface area contributed by atoms with Gasteiger partial charge in [-0.05, 0) is 37.0 Å². The van der Waals surface area contributed by atoms with Gasteiger partial charge in [0.15, 0.2) is 5.78 Å². The van der Waals surface area contributed by atoms with Crippen LogP contribution in [-0.4, -0.2) is 18.4 Å². The fourth-order valence-corrected chi connectivity index (χ4v) is 2.23. The molecule has 0 saturated heterocycles. The first-order valence-electron chi connectivity index (χ1n) is 8.25. The molecule has 0 aliphatic heterocycles. The van der Waals surface area contributed by atoms with Crippen LogP contribution in [0.3, 0.4) is 0 Å². The van der Waals surface area contributed by atoms with Crippen molar-refractivity contribution in [3.05, 3.63) is 89.5 Å². The molecule has 2 rings (SSSR count). The van der Waals surface area contributed by atoms with E-state index >= 15 is 0 Å². The summed E-state index contributed by atoms with van der Waals surface area (Å²) in [5.41, 5.74) is 3.24. The van der Waals surface area contributed by atoms with Crippen molar-refractivity contribution < 1.29 is 14.3 Å². The molecule has 0 bridgehead atoms. The zero-order chi connectivity index (χ0) is 18.1. The molecule has 0 aliphatic carbocycles. The van der Waals surface area contributed by atoms with Crippen LogP contribution in [0.2, 0.25) is 0 Å². The van der Waals surface area contributed by atoms with Gasteiger partial charge in [0.25, 0.3) is 0 Å². The van der Waals surface area contributed by atoms with Crippen molar-refractivity contribution in [2.24, 2.45) is 0 Å². The molecule has 0 aliphatic rings. The molecule has 128 valence electrons. The normalized spacial score (nSPS) is 10.6. The number of ketones is 1. The van der Waals surface area contributed by atoms with E-state index in [2.05, 4.69) is 6.58 Å². The molecule has 0 amide bonds. The van der Waals surface area contributed by atoms with E-state index in [9.17, 15) is 9.59 Å². The van der Waals surface area contributed by atoms with Gasteiger partial charge in [-0.1, -0.05) is 67.3 Å². The Kier molecular flexibility index (Phi) is 6.90. The van der Waals surface area contributed by atoms with Gasteiger partial charge in [-0.2, -0.15) is 0 Å². The Balaban J connectivity index is 1.81. The molecule has 0 atom stereocenters. The first kappa shape index (κ1) is 18.4. The van der Waals surface area contributed by atoms with Gasteiger partial charge < -0.3 is 4.74 Å². The van der Waals surface area contributed by atoms with Crippen molar-refractivity contribution in [2.45, 2.75) is 19.8 Å². The van der Waals surface area contributed by atoms with Gasteiger partial charge in [0.05, 0.1) is 6.61 Å². The number of carbonyl (C=O) groups is 2. The molecule has 2 aromatic carbocycles. The van der Waals surface area contributed by atoms with Crippen molar-refractivity contribution in [1.29, 1.82) is 0 Å². The summed E-state index contributed by atoms with van der Waals surface area (Å²) in [5.74, 6) is -0.354. The quantitative estimate of drug-likeness (QED) is 0.306. The van der Waals surface area contributed by atoms with Crippen molar-refractivity contribution in [2.75, 3.05) is 6.61 Å². The highest BCUT2D eigenvalue weighted by atomic mass is 16.5. The Hall–Kier alpha value is -2.94. The van der Waals surface area contributed by atoms with E-state index in [1.165, 1.54) is 0 Å². The molecule has 0 unspecified atom stereocenters. The van der Waals surface area contributed by atoms with Crippen LogP contribution in [0.5, 0.6) is 0 Å². The predicted octanol–water partition coefficient (Wildman–Crippen LogP) is 4.63. The van der Waals surface area contributed by atoms with Crippen LogP contribution in [0.25, 0.3) is 6.08 Å². The Labute approximate surface area is 148 Å². The molecular weight excluding hydrogens is 312 g/mol. The number of ether oxygens (including phenoxy) is 1. The molecule has 0 N–H and O–H groups in total. The van der Waals surface area contributed by atoms with Gasteiger partial charge in [-0.3, -0.25) is 4.79 Å². The lowest BCUT2D eigenvalue weighted by Gasteiger charge is -2.05. The molecule has 2 aromatic rings. The third kappa shape index (κ3) is 6.22. The third-order valence-corrected chi connectivity index (χ3v) is 3.66. The van der Waals surface area contributed by atoms with Crippen molar-refractivity contribution in [3.63, 3.8) is 0 Å². The van der Waals surface area contributed by atoms with E-state index in [-0.39, 0.29) is 11.8 Å². The first-order chi connectivity index (χ1) is 12.1. The molecule has 0 fully saturated rings. The topological polar surface area (TPSA) is 43.4 Å². The Morgan fingerprint density at radius 3 is 2.36 bits per heavy atom. The van der Waals surface area contributed by atoms with Gasteiger partial charge >= 0.3 is 5.97 Å². The van der Waals surface area contributed by atoms with E-state index < -0.39 is 0 Å². The SMILES string of the molecule is C=C(C)C(=O)OCCCc1ccc(C=CC(=O)c2ccccc2)cc1. The zero-order valence-electron chi connectivity index (χ0n) is 14.4. The van der Waals surface area contributed by atoms with Crippen molar-refractivity contribution in [3.8, 4) is 0 Å². The van der Waals surface area contributed by atoms with E-state index in [0.29, 0.717) is 17.7 Å². The molecule has 0 aromatic heterocycles. The predicted molar refractivity (Wildman–Crippen MR) is 100 cm³/mol. The van der Waals surface area contributed by atoms with Crippen molar-refractivity contribution in [1.82, 2.24) is 0 Å². The lowest BCUT2D eigenvalue weighted by atomic mass is 10.1. The minimum Gasteiger partial charge on any atom is -0.462 e. The summed E-state index contributed by atoms with van der Waals surface area (Å²) in [6, 6.07) is 17.2. The van der Waals surface area contributed by atoms with Gasteiger partial charge in [0.2, 0.25) is 0 Å². The van der Waals surface area contributed by atoms with Crippen LogP contribution in [0.15, 0.2) is 72.8 Å². The summed E-state index contributed by atoms with van der Waals surface area (Å²) in [6.07, 6.45) is 4.99. The van der Waals surface area contributed by atoms with Crippen LogP contribution in [-0.2, 0) is 16.0 Å². The summed E-state index contributed by atoms with van der Waals surface area (Å²) in [7, 11) is 0. The number of benzene rings is 2. The standard InChI is InChI=1S/C22H22O3/c1-17(2)22(24)25-16-6-7-18-10-12-19(13-11-18)14-15-21(23)20-8-4-3-5-9-20/h3-5,8-15H,1,6-7,16H2,2H3. The monoisotopic (exact) mass is 334 g/mol. The maximum absolute atomic E-state index is 12.0. The molecule has 25 heavy (non-hydrogen) atoms. The third-order valence-electron chi connectivity index (χ3n) is 3.66. The largest absolute Gasteiger partial charge is 0.462 e. The summed E-state index contributed by atoms with van der Waals surface area (Å²) >= 11 is 0. The van der Waals surface area contributed by atoms with Gasteiger partial charge in [0, 0.05) is 11.1 Å². The van der Waals surface area contributed by atoms with Crippen molar-refractivity contribution >= 4 is 17.8 Å². The average molecular weight is 334 g/mol. The minimum absolute atomic E-state index is 0.0102. The second kappa shape index (κ2) is 9.38. The number of esters is 1. The van der Waals surface area contributed by atoms with Crippen LogP contribution in [0, 0.1) is 0 Å². The van der Waals surface area contributed by atoms with Gasteiger partial charge in [-0.25, -0.2) is 4.79 Å². The fourth-order valence-electron chi connectivity index (χ4n) is 2.23. The zero-order valence-corrected chi connectivity index (χ0v) is 14.4. The lowest BCUT2D eigenvalue weighted by Crippen LogP contribution is -2.06. The highest BCUT2D eigenvalue weighted by Gasteiger charge is 2.02. The summed E-state index contributed by atoms with van der Waals surface area (Å²) in [5, 5.41) is 0. The molecule has 0 heterocycles. The number of hydrogen-bond acceptors (Lipinski definition) is 3. The highest BCUT2D eigenvalue weighted by Crippen LogP contribution is 2.10. The van der Waals surface area contributed by atoms with E-state index in [0.717, 1.165) is 24.0 Å². The maximum Gasteiger partial charge on any atom is 0.333 e. The van der Waals surface area contributed by atoms with E-state index in [1.807, 2.05) is 48.5 Å². The van der Waals surface area contributed by atoms with E-state index in [1.54, 1.807) is 25.1 Å². The van der Waals surface area contributed by atoms with E-state index in [4.69, 9.17) is 4.74 Å². The second-order valence-electron chi connectivity index (χ2n) is 5.82. The Morgan fingerprint density at radius 2 is 1.72 bits per heavy atom. The summed E-state index contributed by atoms with van der Waals surface area (Å²) in [6.45, 7) is 5.57. The maximum atomic E-state index is 12.0. The Bertz CT molecular complexity index is 756. The first-order valence-corrected chi connectivity index (χ1v) is 8.25. The Morgan fingerprint density at radius 1 is 1.04 bits per heavy atom. The number of aryl methyl sites for hydroxylation is 1. The fraction of sp³-hybridized carbons (Fsp3) is 0.182. The smallest absolute Gasteiger partial charge is 0.333 e. The molecule has 0 spiro atoms. The molecule has 0 saturated carbocycles.